The van der Waals surface area contributed by atoms with Crippen LogP contribution < -0.4 is 0 Å². The van der Waals surface area contributed by atoms with Crippen molar-refractivity contribution in [1.82, 2.24) is 0 Å². The third-order valence-corrected chi connectivity index (χ3v) is 5.58. The molecular weight excluding hydrogens is 248 g/mol. The first-order chi connectivity index (χ1) is 9.29. The molecule has 0 N–H and O–H groups in total. The summed E-state index contributed by atoms with van der Waals surface area (Å²) in [6.07, 6.45) is 6.92. The lowest BCUT2D eigenvalue weighted by atomic mass is 9.53. The van der Waals surface area contributed by atoms with Crippen LogP contribution in [-0.4, -0.2) is 17.0 Å². The second-order valence-corrected chi connectivity index (χ2v) is 6.73. The number of ether oxygens (including phenoxy) is 1. The van der Waals surface area contributed by atoms with E-state index in [2.05, 4.69) is 26.7 Å². The molecule has 0 aromatic rings. The lowest BCUT2D eigenvalue weighted by Gasteiger charge is -2.46. The van der Waals surface area contributed by atoms with Crippen molar-refractivity contribution in [3.63, 3.8) is 0 Å². The van der Waals surface area contributed by atoms with E-state index in [1.54, 1.807) is 0 Å². The van der Waals surface area contributed by atoms with E-state index in [4.69, 9.17) is 4.74 Å². The second kappa shape index (κ2) is 4.70. The molecule has 1 heterocycles. The van der Waals surface area contributed by atoms with E-state index in [1.165, 1.54) is 0 Å². The molecule has 2 rings (SSSR count). The Balaban J connectivity index is 2.49. The Morgan fingerprint density at radius 3 is 2.55 bits per heavy atom. The predicted octanol–water partition coefficient (Wildman–Crippen LogP) is 4.23. The van der Waals surface area contributed by atoms with Crippen molar-refractivity contribution in [1.29, 1.82) is 0 Å². The van der Waals surface area contributed by atoms with Gasteiger partial charge in [-0.25, -0.2) is 0 Å². The molecular formula is C18H26O2. The zero-order chi connectivity index (χ0) is 15.2. The Labute approximate surface area is 122 Å². The first-order valence-corrected chi connectivity index (χ1v) is 7.40. The van der Waals surface area contributed by atoms with E-state index in [9.17, 15) is 4.79 Å². The lowest BCUT2D eigenvalue weighted by Crippen LogP contribution is -2.53. The van der Waals surface area contributed by atoms with Crippen molar-refractivity contribution in [2.24, 2.45) is 11.3 Å². The lowest BCUT2D eigenvalue weighted by molar-refractivity contribution is -0.127. The summed E-state index contributed by atoms with van der Waals surface area (Å²) in [6.45, 7) is 18.0. The maximum Gasteiger partial charge on any atom is 0.168 e. The monoisotopic (exact) mass is 274 g/mol. The third-order valence-electron chi connectivity index (χ3n) is 5.58. The molecule has 0 bridgehead atoms. The van der Waals surface area contributed by atoms with Crippen LogP contribution in [0.15, 0.2) is 37.5 Å². The van der Waals surface area contributed by atoms with Gasteiger partial charge in [0.15, 0.2) is 11.4 Å². The summed E-state index contributed by atoms with van der Waals surface area (Å²) in [5.74, 6) is 0.379. The average Bonchev–Trinajstić information content (AvgIpc) is 3.01. The predicted molar refractivity (Wildman–Crippen MR) is 82.5 cm³/mol. The van der Waals surface area contributed by atoms with Gasteiger partial charge in [-0.15, -0.1) is 13.2 Å². The fourth-order valence-electron chi connectivity index (χ4n) is 4.36. The maximum atomic E-state index is 12.5. The highest BCUT2D eigenvalue weighted by Gasteiger charge is 2.80. The number of rotatable bonds is 6. The summed E-state index contributed by atoms with van der Waals surface area (Å²) < 4.78 is 6.13. The van der Waals surface area contributed by atoms with Gasteiger partial charge in [0, 0.05) is 11.8 Å². The number of Topliss-reactive ketones (excluding diaryl/α,β-unsaturated/α-hetero) is 1. The molecule has 1 saturated heterocycles. The zero-order valence-electron chi connectivity index (χ0n) is 13.0. The van der Waals surface area contributed by atoms with Gasteiger partial charge in [0.25, 0.3) is 0 Å². The van der Waals surface area contributed by atoms with Crippen molar-refractivity contribution < 1.29 is 9.53 Å². The molecule has 2 fully saturated rings. The highest BCUT2D eigenvalue weighted by Crippen LogP contribution is 2.69. The molecule has 0 amide bonds. The second-order valence-electron chi connectivity index (χ2n) is 6.73. The molecule has 2 nitrogen and oxygen atoms in total. The third kappa shape index (κ3) is 1.70. The molecule has 1 aliphatic carbocycles. The van der Waals surface area contributed by atoms with Gasteiger partial charge in [-0.1, -0.05) is 31.2 Å². The van der Waals surface area contributed by atoms with E-state index >= 15 is 0 Å². The van der Waals surface area contributed by atoms with Gasteiger partial charge < -0.3 is 4.74 Å². The van der Waals surface area contributed by atoms with Gasteiger partial charge in [-0.05, 0) is 39.0 Å². The molecule has 4 atom stereocenters. The van der Waals surface area contributed by atoms with Crippen molar-refractivity contribution >= 4 is 5.78 Å². The van der Waals surface area contributed by atoms with Crippen LogP contribution in [0.25, 0.3) is 0 Å². The molecule has 0 aromatic carbocycles. The van der Waals surface area contributed by atoms with E-state index in [-0.39, 0.29) is 22.7 Å². The quantitative estimate of drug-likeness (QED) is 0.536. The highest BCUT2D eigenvalue weighted by molar-refractivity contribution is 5.93. The molecule has 2 heteroatoms. The average molecular weight is 274 g/mol. The van der Waals surface area contributed by atoms with Crippen LogP contribution in [0.3, 0.4) is 0 Å². The number of carbonyl (C=O) groups is 1. The van der Waals surface area contributed by atoms with Crippen LogP contribution in [0.5, 0.6) is 0 Å². The number of allylic oxidation sites excluding steroid dienone is 3. The zero-order valence-corrected chi connectivity index (χ0v) is 13.0. The van der Waals surface area contributed by atoms with E-state index in [1.807, 2.05) is 26.0 Å². The Morgan fingerprint density at radius 2 is 2.05 bits per heavy atom. The smallest absolute Gasteiger partial charge is 0.168 e. The molecule has 20 heavy (non-hydrogen) atoms. The Bertz CT molecular complexity index is 478. The van der Waals surface area contributed by atoms with Crippen LogP contribution >= 0.6 is 0 Å². The number of fused-ring (bicyclic) bond motifs is 1. The van der Waals surface area contributed by atoms with Gasteiger partial charge in [-0.2, -0.15) is 0 Å². The summed E-state index contributed by atoms with van der Waals surface area (Å²) in [4.78, 5) is 12.5. The van der Waals surface area contributed by atoms with Crippen molar-refractivity contribution in [2.45, 2.75) is 57.7 Å². The SMILES string of the molecule is C=CCC[C@]12O[C@@]1(C)C(=O)C[C@@H](C(=C)C)[C@]2(C)CC=C. The number of hydrogen-bond donors (Lipinski definition) is 0. The molecule has 110 valence electrons. The fraction of sp³-hybridized carbons (Fsp3) is 0.611. The summed E-state index contributed by atoms with van der Waals surface area (Å²) in [5, 5.41) is 0. The number of ketones is 1. The molecule has 0 unspecified atom stereocenters. The van der Waals surface area contributed by atoms with Gasteiger partial charge in [0.2, 0.25) is 0 Å². The van der Waals surface area contributed by atoms with Crippen LogP contribution in [-0.2, 0) is 9.53 Å². The van der Waals surface area contributed by atoms with Gasteiger partial charge in [0.1, 0.15) is 5.60 Å². The van der Waals surface area contributed by atoms with Crippen LogP contribution in [0.4, 0.5) is 0 Å². The molecule has 0 radical (unpaired) electrons. The van der Waals surface area contributed by atoms with Gasteiger partial charge in [0.05, 0.1) is 0 Å². The van der Waals surface area contributed by atoms with Crippen molar-refractivity contribution in [3.05, 3.63) is 37.5 Å². The Hall–Kier alpha value is -1.15. The van der Waals surface area contributed by atoms with E-state index in [0.717, 1.165) is 24.8 Å². The summed E-state index contributed by atoms with van der Waals surface area (Å²) in [6, 6.07) is 0. The highest BCUT2D eigenvalue weighted by atomic mass is 16.6. The minimum atomic E-state index is -0.625. The largest absolute Gasteiger partial charge is 0.354 e. The number of epoxide rings is 1. The molecule has 2 aliphatic rings. The maximum absolute atomic E-state index is 12.5. The topological polar surface area (TPSA) is 29.6 Å². The van der Waals surface area contributed by atoms with Crippen LogP contribution in [0.1, 0.15) is 46.5 Å². The van der Waals surface area contributed by atoms with Gasteiger partial charge in [-0.3, -0.25) is 4.79 Å². The minimum Gasteiger partial charge on any atom is -0.354 e. The van der Waals surface area contributed by atoms with Gasteiger partial charge >= 0.3 is 0 Å². The number of hydrogen-bond acceptors (Lipinski definition) is 2. The van der Waals surface area contributed by atoms with Crippen LogP contribution in [0.2, 0.25) is 0 Å². The number of carbonyl (C=O) groups excluding carboxylic acids is 1. The Kier molecular flexibility index (Phi) is 3.58. The molecule has 0 spiro atoms. The fourth-order valence-corrected chi connectivity index (χ4v) is 4.36. The molecule has 0 aromatic heterocycles. The Morgan fingerprint density at radius 1 is 1.40 bits per heavy atom. The molecule has 1 saturated carbocycles. The molecule has 1 aliphatic heterocycles. The van der Waals surface area contributed by atoms with E-state index < -0.39 is 5.60 Å². The van der Waals surface area contributed by atoms with Crippen molar-refractivity contribution in [3.8, 4) is 0 Å². The first kappa shape index (κ1) is 15.2. The normalized spacial score (nSPS) is 42.8. The first-order valence-electron chi connectivity index (χ1n) is 7.40. The summed E-state index contributed by atoms with van der Waals surface area (Å²) >= 11 is 0. The van der Waals surface area contributed by atoms with Crippen molar-refractivity contribution in [2.75, 3.05) is 0 Å². The minimum absolute atomic E-state index is 0.119. The summed E-state index contributed by atoms with van der Waals surface area (Å²) in [7, 11) is 0. The standard InChI is InChI=1S/C18H26O2/c1-7-9-11-18-16(5,10-8-2)14(13(3)4)12-15(19)17(18,6)20-18/h7-8,14H,1-3,9-12H2,4-6H3/t14-,16-,17-,18+/m0/s1. The summed E-state index contributed by atoms with van der Waals surface area (Å²) in [5.41, 5.74) is -0.0638. The van der Waals surface area contributed by atoms with E-state index in [0.29, 0.717) is 6.42 Å². The van der Waals surface area contributed by atoms with Crippen LogP contribution in [0, 0.1) is 11.3 Å².